The average molecular weight is 314 g/mol. The minimum atomic E-state index is -3.04. The fourth-order valence-corrected chi connectivity index (χ4v) is 2.99. The van der Waals surface area contributed by atoms with Gasteiger partial charge in [0.25, 0.3) is 0 Å². The fraction of sp³-hybridized carbons (Fsp3) is 0.533. The number of aliphatic carboxylic acids is 1. The van der Waals surface area contributed by atoms with Crippen LogP contribution in [0.5, 0.6) is 5.75 Å². The zero-order valence-electron chi connectivity index (χ0n) is 12.4. The number of hydrogen-bond acceptors (Lipinski definition) is 4. The highest BCUT2D eigenvalue weighted by Gasteiger charge is 2.19. The molecule has 5 nitrogen and oxygen atoms in total. The maximum Gasteiger partial charge on any atom is 0.306 e. The normalized spacial score (nSPS) is 12.9. The van der Waals surface area contributed by atoms with Crippen LogP contribution in [0.1, 0.15) is 25.3 Å². The first-order valence-corrected chi connectivity index (χ1v) is 8.76. The monoisotopic (exact) mass is 314 g/mol. The van der Waals surface area contributed by atoms with Gasteiger partial charge in [-0.25, -0.2) is 8.42 Å². The number of carboxylic acid groups (broad SMARTS) is 1. The second-order valence-corrected chi connectivity index (χ2v) is 7.44. The number of carbonyl (C=O) groups is 1. The molecule has 1 aromatic rings. The van der Waals surface area contributed by atoms with Crippen molar-refractivity contribution in [3.63, 3.8) is 0 Å². The van der Waals surface area contributed by atoms with Crippen molar-refractivity contribution in [2.24, 2.45) is 5.92 Å². The van der Waals surface area contributed by atoms with Crippen LogP contribution in [0, 0.1) is 5.92 Å². The van der Waals surface area contributed by atoms with Gasteiger partial charge < -0.3 is 9.84 Å². The Morgan fingerprint density at radius 3 is 2.67 bits per heavy atom. The molecular formula is C15H22O5S. The molecule has 0 aromatic heterocycles. The number of sulfone groups is 1. The lowest BCUT2D eigenvalue weighted by molar-refractivity contribution is -0.141. The molecule has 0 aliphatic rings. The first-order valence-electron chi connectivity index (χ1n) is 6.94. The molecule has 0 saturated heterocycles. The SMILES string of the molecule is CCS(=O)(=O)CCCC(Cc1cccc(OC)c1)C(=O)O. The van der Waals surface area contributed by atoms with Crippen molar-refractivity contribution in [1.82, 2.24) is 0 Å². The van der Waals surface area contributed by atoms with Crippen LogP contribution in [0.3, 0.4) is 0 Å². The third-order valence-electron chi connectivity index (χ3n) is 3.41. The summed E-state index contributed by atoms with van der Waals surface area (Å²) in [6, 6.07) is 7.27. The highest BCUT2D eigenvalue weighted by atomic mass is 32.2. The maximum atomic E-state index is 11.4. The molecule has 1 aromatic carbocycles. The number of ether oxygens (including phenoxy) is 1. The van der Waals surface area contributed by atoms with Crippen molar-refractivity contribution in [3.8, 4) is 5.75 Å². The summed E-state index contributed by atoms with van der Waals surface area (Å²) in [7, 11) is -1.48. The highest BCUT2D eigenvalue weighted by Crippen LogP contribution is 2.19. The van der Waals surface area contributed by atoms with Crippen molar-refractivity contribution in [3.05, 3.63) is 29.8 Å². The van der Waals surface area contributed by atoms with E-state index in [4.69, 9.17) is 4.74 Å². The molecule has 1 rings (SSSR count). The Morgan fingerprint density at radius 1 is 1.38 bits per heavy atom. The molecule has 1 atom stereocenters. The van der Waals surface area contributed by atoms with Crippen LogP contribution in [0.4, 0.5) is 0 Å². The Bertz CT molecular complexity index is 565. The number of carboxylic acids is 1. The second-order valence-electron chi connectivity index (χ2n) is 4.97. The highest BCUT2D eigenvalue weighted by molar-refractivity contribution is 7.91. The topological polar surface area (TPSA) is 80.7 Å². The second kappa shape index (κ2) is 8.02. The van der Waals surface area contributed by atoms with Gasteiger partial charge >= 0.3 is 5.97 Å². The molecule has 0 spiro atoms. The van der Waals surface area contributed by atoms with Gasteiger partial charge in [-0.3, -0.25) is 4.79 Å². The van der Waals surface area contributed by atoms with Crippen molar-refractivity contribution < 1.29 is 23.1 Å². The van der Waals surface area contributed by atoms with E-state index in [1.165, 1.54) is 0 Å². The predicted octanol–water partition coefficient (Wildman–Crippen LogP) is 2.15. The van der Waals surface area contributed by atoms with E-state index >= 15 is 0 Å². The van der Waals surface area contributed by atoms with E-state index < -0.39 is 21.7 Å². The quantitative estimate of drug-likeness (QED) is 0.755. The number of rotatable bonds is 9. The van der Waals surface area contributed by atoms with Crippen LogP contribution in [0.15, 0.2) is 24.3 Å². The molecule has 0 amide bonds. The largest absolute Gasteiger partial charge is 0.497 e. The molecule has 118 valence electrons. The van der Waals surface area contributed by atoms with Crippen molar-refractivity contribution in [2.45, 2.75) is 26.2 Å². The Morgan fingerprint density at radius 2 is 2.10 bits per heavy atom. The minimum Gasteiger partial charge on any atom is -0.497 e. The van der Waals surface area contributed by atoms with E-state index in [2.05, 4.69) is 0 Å². The van der Waals surface area contributed by atoms with E-state index in [1.54, 1.807) is 26.2 Å². The van der Waals surface area contributed by atoms with Gasteiger partial charge in [-0.05, 0) is 37.0 Å². The standard InChI is InChI=1S/C15H22O5S/c1-3-21(18,19)9-5-7-13(15(16)17)10-12-6-4-8-14(11-12)20-2/h4,6,8,11,13H,3,5,7,9-10H2,1-2H3,(H,16,17). The minimum absolute atomic E-state index is 0.0470. The van der Waals surface area contributed by atoms with E-state index in [0.717, 1.165) is 5.56 Å². The summed E-state index contributed by atoms with van der Waals surface area (Å²) in [6.45, 7) is 1.60. The van der Waals surface area contributed by atoms with Gasteiger partial charge in [0.1, 0.15) is 15.6 Å². The summed E-state index contributed by atoms with van der Waals surface area (Å²) in [5.41, 5.74) is 0.875. The molecule has 0 aliphatic carbocycles. The first kappa shape index (κ1) is 17.5. The van der Waals surface area contributed by atoms with Crippen LogP contribution < -0.4 is 4.74 Å². The number of benzene rings is 1. The molecule has 0 fully saturated rings. The van der Waals surface area contributed by atoms with Gasteiger partial charge in [0, 0.05) is 5.75 Å². The maximum absolute atomic E-state index is 11.4. The van der Waals surface area contributed by atoms with Crippen molar-refractivity contribution in [2.75, 3.05) is 18.6 Å². The summed E-state index contributed by atoms with van der Waals surface area (Å²) < 4.78 is 28.0. The van der Waals surface area contributed by atoms with Crippen LogP contribution in [-0.2, 0) is 21.1 Å². The van der Waals surface area contributed by atoms with Gasteiger partial charge in [0.2, 0.25) is 0 Å². The molecular weight excluding hydrogens is 292 g/mol. The van der Waals surface area contributed by atoms with E-state index in [1.807, 2.05) is 12.1 Å². The van der Waals surface area contributed by atoms with Gasteiger partial charge in [0.15, 0.2) is 0 Å². The van der Waals surface area contributed by atoms with Crippen molar-refractivity contribution in [1.29, 1.82) is 0 Å². The van der Waals surface area contributed by atoms with Crippen LogP contribution in [-0.4, -0.2) is 38.1 Å². The zero-order valence-corrected chi connectivity index (χ0v) is 13.2. The Labute approximate surface area is 125 Å². The third-order valence-corrected chi connectivity index (χ3v) is 5.20. The number of hydrogen-bond donors (Lipinski definition) is 1. The van der Waals surface area contributed by atoms with Crippen LogP contribution in [0.2, 0.25) is 0 Å². The first-order chi connectivity index (χ1) is 9.88. The van der Waals surface area contributed by atoms with Gasteiger partial charge in [-0.2, -0.15) is 0 Å². The lowest BCUT2D eigenvalue weighted by Crippen LogP contribution is -2.18. The molecule has 0 radical (unpaired) electrons. The molecule has 0 heterocycles. The Balaban J connectivity index is 2.63. The van der Waals surface area contributed by atoms with Crippen LogP contribution >= 0.6 is 0 Å². The summed E-state index contributed by atoms with van der Waals surface area (Å²) >= 11 is 0. The van der Waals surface area contributed by atoms with Crippen molar-refractivity contribution >= 4 is 15.8 Å². The summed E-state index contributed by atoms with van der Waals surface area (Å²) in [6.07, 6.45) is 1.10. The smallest absolute Gasteiger partial charge is 0.306 e. The predicted molar refractivity (Wildman–Crippen MR) is 81.4 cm³/mol. The summed E-state index contributed by atoms with van der Waals surface area (Å²) in [5, 5.41) is 9.27. The lowest BCUT2D eigenvalue weighted by Gasteiger charge is -2.13. The molecule has 0 saturated carbocycles. The summed E-state index contributed by atoms with van der Waals surface area (Å²) in [5.74, 6) is -0.646. The molecule has 0 bridgehead atoms. The Hall–Kier alpha value is -1.56. The van der Waals surface area contributed by atoms with Gasteiger partial charge in [-0.1, -0.05) is 19.1 Å². The van der Waals surface area contributed by atoms with E-state index in [-0.39, 0.29) is 11.5 Å². The van der Waals surface area contributed by atoms with E-state index in [9.17, 15) is 18.3 Å². The average Bonchev–Trinajstić information content (AvgIpc) is 2.46. The van der Waals surface area contributed by atoms with E-state index in [0.29, 0.717) is 25.0 Å². The number of methoxy groups -OCH3 is 1. The molecule has 1 unspecified atom stereocenters. The lowest BCUT2D eigenvalue weighted by atomic mass is 9.95. The third kappa shape index (κ3) is 6.16. The zero-order chi connectivity index (χ0) is 15.9. The molecule has 0 aliphatic heterocycles. The van der Waals surface area contributed by atoms with Crippen LogP contribution in [0.25, 0.3) is 0 Å². The molecule has 6 heteroatoms. The summed E-state index contributed by atoms with van der Waals surface area (Å²) in [4.78, 5) is 11.3. The van der Waals surface area contributed by atoms with Gasteiger partial charge in [-0.15, -0.1) is 0 Å². The molecule has 21 heavy (non-hydrogen) atoms. The Kier molecular flexibility index (Phi) is 6.68. The molecule has 1 N–H and O–H groups in total. The van der Waals surface area contributed by atoms with Gasteiger partial charge in [0.05, 0.1) is 18.8 Å². The fourth-order valence-electron chi connectivity index (χ4n) is 2.09.